The zero-order valence-corrected chi connectivity index (χ0v) is 41.4. The van der Waals surface area contributed by atoms with Gasteiger partial charge >= 0.3 is 0 Å². The molecule has 0 N–H and O–H groups in total. The second-order valence-corrected chi connectivity index (χ2v) is 21.7. The molecule has 13 aromatic rings. The van der Waals surface area contributed by atoms with E-state index >= 15 is 0 Å². The topological polar surface area (TPSA) is 3.24 Å². The van der Waals surface area contributed by atoms with Crippen LogP contribution in [-0.4, -0.2) is 0 Å². The summed E-state index contributed by atoms with van der Waals surface area (Å²) in [5.74, 6) is 0. The first-order valence-corrected chi connectivity index (χ1v) is 27.0. The largest absolute Gasteiger partial charge is 0.309 e. The third-order valence-electron chi connectivity index (χ3n) is 18.4. The van der Waals surface area contributed by atoms with Gasteiger partial charge in [-0.2, -0.15) is 0 Å². The maximum absolute atomic E-state index is 2.66. The van der Waals surface area contributed by atoms with Crippen LogP contribution in [0.1, 0.15) is 59.1 Å². The summed E-state index contributed by atoms with van der Waals surface area (Å²) in [5, 5.41) is 12.6. The van der Waals surface area contributed by atoms with Gasteiger partial charge in [0.05, 0.1) is 16.8 Å². The van der Waals surface area contributed by atoms with Crippen molar-refractivity contribution in [1.29, 1.82) is 0 Å². The molecule has 13 aromatic carbocycles. The molecule has 0 radical (unpaired) electrons. The van der Waals surface area contributed by atoms with Gasteiger partial charge in [0.2, 0.25) is 0 Å². The number of benzene rings is 13. The zero-order valence-electron chi connectivity index (χ0n) is 41.4. The fraction of sp³-hybridized carbons (Fsp3) is 0.0811. The summed E-state index contributed by atoms with van der Waals surface area (Å²) in [6.45, 7) is 0. The van der Waals surface area contributed by atoms with E-state index in [0.29, 0.717) is 0 Å². The van der Waals surface area contributed by atoms with Crippen LogP contribution in [0, 0.1) is 0 Å². The fourth-order valence-electron chi connectivity index (χ4n) is 15.3. The molecule has 1 nitrogen and oxygen atoms in total. The van der Waals surface area contributed by atoms with Gasteiger partial charge in [-0.1, -0.05) is 225 Å². The maximum atomic E-state index is 2.66. The third kappa shape index (κ3) is 5.42. The Bertz CT molecular complexity index is 4540. The minimum absolute atomic E-state index is 0.0170. The van der Waals surface area contributed by atoms with Crippen molar-refractivity contribution in [1.82, 2.24) is 0 Å². The highest BCUT2D eigenvalue weighted by Crippen LogP contribution is 2.65. The summed E-state index contributed by atoms with van der Waals surface area (Å²) in [4.78, 5) is 2.66. The molecular formula is C74H49N. The molecule has 350 valence electrons. The Balaban J connectivity index is 1.04. The van der Waals surface area contributed by atoms with Crippen LogP contribution in [0.3, 0.4) is 0 Å². The summed E-state index contributed by atoms with van der Waals surface area (Å²) in [6, 6.07) is 95.6. The second-order valence-electron chi connectivity index (χ2n) is 21.7. The summed E-state index contributed by atoms with van der Waals surface area (Å²) >= 11 is 0. The van der Waals surface area contributed by atoms with E-state index < -0.39 is 5.41 Å². The van der Waals surface area contributed by atoms with Crippen LogP contribution in [0.5, 0.6) is 0 Å². The lowest BCUT2D eigenvalue weighted by Crippen LogP contribution is -2.26. The molecule has 4 aliphatic carbocycles. The van der Waals surface area contributed by atoms with Gasteiger partial charge < -0.3 is 4.90 Å². The van der Waals surface area contributed by atoms with Crippen molar-refractivity contribution in [2.24, 2.45) is 0 Å². The molecule has 1 fully saturated rings. The minimum Gasteiger partial charge on any atom is -0.309 e. The highest BCUT2D eigenvalue weighted by atomic mass is 15.1. The summed E-state index contributed by atoms with van der Waals surface area (Å²) in [5.41, 5.74) is 21.8. The van der Waals surface area contributed by atoms with E-state index in [0.717, 1.165) is 11.4 Å². The van der Waals surface area contributed by atoms with Crippen LogP contribution < -0.4 is 4.90 Å². The number of nitrogens with zero attached hydrogens (tertiary/aromatic N) is 1. The maximum Gasteiger partial charge on any atom is 0.0726 e. The smallest absolute Gasteiger partial charge is 0.0726 e. The molecule has 1 heteroatoms. The highest BCUT2D eigenvalue weighted by molar-refractivity contribution is 6.26. The first-order valence-electron chi connectivity index (χ1n) is 27.0. The van der Waals surface area contributed by atoms with Crippen molar-refractivity contribution in [3.8, 4) is 44.5 Å². The van der Waals surface area contributed by atoms with Crippen molar-refractivity contribution in [3.63, 3.8) is 0 Å². The lowest BCUT2D eigenvalue weighted by Gasteiger charge is -2.34. The van der Waals surface area contributed by atoms with Crippen LogP contribution >= 0.6 is 0 Å². The molecule has 0 aromatic heterocycles. The molecular weight excluding hydrogens is 903 g/mol. The number of rotatable bonds is 4. The molecule has 17 rings (SSSR count). The van der Waals surface area contributed by atoms with E-state index in [4.69, 9.17) is 0 Å². The van der Waals surface area contributed by atoms with Crippen molar-refractivity contribution < 1.29 is 0 Å². The summed E-state index contributed by atoms with van der Waals surface area (Å²) in [7, 11) is 0. The number of hydrogen-bond acceptors (Lipinski definition) is 1. The molecule has 75 heavy (non-hydrogen) atoms. The Hall–Kier alpha value is -9.04. The van der Waals surface area contributed by atoms with Crippen LogP contribution in [0.4, 0.5) is 17.1 Å². The van der Waals surface area contributed by atoms with E-state index in [-0.39, 0.29) is 5.41 Å². The SMILES string of the molecule is c1ccc2c(c1)-c1ccc(-c3cc4c(cc3N(c3ccc5c6ccccc6c6ccccc6c5c3)c3cc5ccccc5c5ccccc35)C3(c5ccccc5-c5ccccc53)c3ccccc3-4)cc1C21CCCC1. The van der Waals surface area contributed by atoms with Gasteiger partial charge in [0.25, 0.3) is 0 Å². The van der Waals surface area contributed by atoms with Crippen molar-refractivity contribution in [2.45, 2.75) is 36.5 Å². The minimum atomic E-state index is -0.532. The Morgan fingerprint density at radius 3 is 1.36 bits per heavy atom. The number of anilines is 3. The highest BCUT2D eigenvalue weighted by Gasteiger charge is 2.52. The van der Waals surface area contributed by atoms with Crippen molar-refractivity contribution in [3.05, 3.63) is 282 Å². The van der Waals surface area contributed by atoms with E-state index in [1.807, 2.05) is 0 Å². The Morgan fingerprint density at radius 1 is 0.267 bits per heavy atom. The molecule has 0 bridgehead atoms. The van der Waals surface area contributed by atoms with Gasteiger partial charge in [0.1, 0.15) is 0 Å². The van der Waals surface area contributed by atoms with E-state index in [1.54, 1.807) is 0 Å². The van der Waals surface area contributed by atoms with Gasteiger partial charge in [-0.15, -0.1) is 0 Å². The lowest BCUT2D eigenvalue weighted by atomic mass is 9.70. The van der Waals surface area contributed by atoms with Gasteiger partial charge in [0, 0.05) is 22.1 Å². The third-order valence-corrected chi connectivity index (χ3v) is 18.4. The Morgan fingerprint density at radius 2 is 0.733 bits per heavy atom. The standard InChI is InChI=1S/C74H49N/c1-2-20-49-46(19-1)42-71(61-30-8-7-21-50(49)61)75(48-36-38-55-53-24-4-3-22-51(53)52-23-5-6-25-54(52)63(55)43-48)72-45-70-64(44-62(72)47-35-37-60-56-26-9-13-31-65(56)73(69(60)41-47)39-17-18-40-73)59-29-12-16-34-68(59)74(70)66-32-14-10-27-57(66)58-28-11-15-33-67(58)74/h1-16,19-38,41-45H,17-18,39-40H2. The van der Waals surface area contributed by atoms with E-state index in [9.17, 15) is 0 Å². The molecule has 0 aliphatic heterocycles. The van der Waals surface area contributed by atoms with E-state index in [1.165, 1.54) is 163 Å². The molecule has 0 saturated heterocycles. The predicted octanol–water partition coefficient (Wildman–Crippen LogP) is 19.8. The molecule has 2 spiro atoms. The zero-order chi connectivity index (χ0) is 49.0. The first kappa shape index (κ1) is 41.4. The molecule has 4 aliphatic rings. The average molecular weight is 952 g/mol. The van der Waals surface area contributed by atoms with Gasteiger partial charge in [-0.3, -0.25) is 0 Å². The molecule has 1 saturated carbocycles. The summed E-state index contributed by atoms with van der Waals surface area (Å²) in [6.07, 6.45) is 4.86. The first-order chi connectivity index (χ1) is 37.2. The van der Waals surface area contributed by atoms with Crippen LogP contribution in [0.15, 0.2) is 249 Å². The number of hydrogen-bond donors (Lipinski definition) is 0. The molecule has 0 atom stereocenters. The molecule has 0 unspecified atom stereocenters. The lowest BCUT2D eigenvalue weighted by molar-refractivity contribution is 0.550. The Labute approximate surface area is 436 Å². The second kappa shape index (κ2) is 15.3. The van der Waals surface area contributed by atoms with Crippen LogP contribution in [-0.2, 0) is 10.8 Å². The fourth-order valence-corrected chi connectivity index (χ4v) is 15.3. The molecule has 0 heterocycles. The average Bonchev–Trinajstić information content (AvgIpc) is 4.27. The van der Waals surface area contributed by atoms with Gasteiger partial charge in [0.15, 0.2) is 0 Å². The van der Waals surface area contributed by atoms with Crippen molar-refractivity contribution >= 4 is 70.9 Å². The Kier molecular flexibility index (Phi) is 8.43. The number of fused-ring (bicyclic) bond motifs is 24. The predicted molar refractivity (Wildman–Crippen MR) is 315 cm³/mol. The van der Waals surface area contributed by atoms with Crippen LogP contribution in [0.2, 0.25) is 0 Å². The van der Waals surface area contributed by atoms with Crippen LogP contribution in [0.25, 0.3) is 98.4 Å². The summed E-state index contributed by atoms with van der Waals surface area (Å²) < 4.78 is 0. The monoisotopic (exact) mass is 951 g/mol. The molecule has 0 amide bonds. The van der Waals surface area contributed by atoms with E-state index in [2.05, 4.69) is 254 Å². The van der Waals surface area contributed by atoms with Gasteiger partial charge in [-0.05, 0) is 170 Å². The normalized spacial score (nSPS) is 14.9. The van der Waals surface area contributed by atoms with Gasteiger partial charge in [-0.25, -0.2) is 0 Å². The van der Waals surface area contributed by atoms with Crippen molar-refractivity contribution in [2.75, 3.05) is 4.90 Å². The quantitative estimate of drug-likeness (QED) is 0.159.